The lowest BCUT2D eigenvalue weighted by atomic mass is 9.87. The van der Waals surface area contributed by atoms with Crippen molar-refractivity contribution < 1.29 is 27.9 Å². The van der Waals surface area contributed by atoms with E-state index in [2.05, 4.69) is 6.92 Å². The van der Waals surface area contributed by atoms with Crippen molar-refractivity contribution in [1.82, 2.24) is 4.90 Å². The number of nitrogens with two attached hydrogens (primary N) is 2. The number of likely N-dealkylation sites (tertiary alicyclic amines) is 1. The van der Waals surface area contributed by atoms with Crippen LogP contribution in [0.3, 0.4) is 0 Å². The molecule has 28 heavy (non-hydrogen) atoms. The van der Waals surface area contributed by atoms with Crippen LogP contribution >= 0.6 is 0 Å². The highest BCUT2D eigenvalue weighted by molar-refractivity contribution is 5.76. The lowest BCUT2D eigenvalue weighted by Gasteiger charge is -2.36. The van der Waals surface area contributed by atoms with Crippen LogP contribution in [0.5, 0.6) is 0 Å². The third-order valence-electron chi connectivity index (χ3n) is 4.91. The number of benzene rings is 1. The maximum absolute atomic E-state index is 12.3. The minimum Gasteiger partial charge on any atom is -0.475 e. The number of carboxylic acid groups (broad SMARTS) is 1. The van der Waals surface area contributed by atoms with Gasteiger partial charge < -0.3 is 21.5 Å². The molecule has 1 amide bonds. The molecular formula is C19H28F3N3O3. The summed E-state index contributed by atoms with van der Waals surface area (Å²) in [5.74, 6) is -1.49. The van der Waals surface area contributed by atoms with Gasteiger partial charge in [0, 0.05) is 25.6 Å². The lowest BCUT2D eigenvalue weighted by molar-refractivity contribution is -0.192. The highest BCUT2D eigenvalue weighted by Gasteiger charge is 2.38. The molecule has 1 aromatic carbocycles. The van der Waals surface area contributed by atoms with Gasteiger partial charge in [0.15, 0.2) is 0 Å². The zero-order valence-electron chi connectivity index (χ0n) is 15.9. The quantitative estimate of drug-likeness (QED) is 0.700. The van der Waals surface area contributed by atoms with Crippen LogP contribution in [0, 0.1) is 11.8 Å². The Labute approximate surface area is 162 Å². The molecule has 158 valence electrons. The molecule has 1 fully saturated rings. The van der Waals surface area contributed by atoms with Gasteiger partial charge in [-0.05, 0) is 36.8 Å². The maximum Gasteiger partial charge on any atom is 0.490 e. The van der Waals surface area contributed by atoms with E-state index in [-0.39, 0.29) is 11.9 Å². The SMILES string of the molecule is CC1CCN(C(=O)CCC(N)c2ccccc2)CC1CN.O=C(O)C(F)(F)F. The first-order valence-corrected chi connectivity index (χ1v) is 9.14. The largest absolute Gasteiger partial charge is 0.490 e. The number of rotatable bonds is 5. The van der Waals surface area contributed by atoms with Crippen molar-refractivity contribution in [3.05, 3.63) is 35.9 Å². The molecule has 0 aromatic heterocycles. The van der Waals surface area contributed by atoms with E-state index in [0.29, 0.717) is 31.2 Å². The van der Waals surface area contributed by atoms with E-state index in [1.54, 1.807) is 0 Å². The topological polar surface area (TPSA) is 110 Å². The van der Waals surface area contributed by atoms with Gasteiger partial charge in [-0.3, -0.25) is 4.79 Å². The van der Waals surface area contributed by atoms with E-state index in [9.17, 15) is 18.0 Å². The fourth-order valence-electron chi connectivity index (χ4n) is 2.99. The second-order valence-corrected chi connectivity index (χ2v) is 6.96. The summed E-state index contributed by atoms with van der Waals surface area (Å²) in [4.78, 5) is 23.2. The zero-order chi connectivity index (χ0) is 21.3. The third kappa shape index (κ3) is 7.85. The number of amides is 1. The van der Waals surface area contributed by atoms with Gasteiger partial charge >= 0.3 is 12.1 Å². The van der Waals surface area contributed by atoms with E-state index in [0.717, 1.165) is 25.1 Å². The van der Waals surface area contributed by atoms with E-state index in [4.69, 9.17) is 21.4 Å². The van der Waals surface area contributed by atoms with Gasteiger partial charge in [0.05, 0.1) is 0 Å². The van der Waals surface area contributed by atoms with Gasteiger partial charge in [-0.1, -0.05) is 37.3 Å². The number of piperidine rings is 1. The molecule has 0 bridgehead atoms. The molecule has 0 radical (unpaired) electrons. The van der Waals surface area contributed by atoms with E-state index in [1.807, 2.05) is 35.2 Å². The third-order valence-corrected chi connectivity index (χ3v) is 4.91. The average molecular weight is 403 g/mol. The Kier molecular flexibility index (Phi) is 9.40. The van der Waals surface area contributed by atoms with Crippen molar-refractivity contribution in [2.45, 2.75) is 38.4 Å². The Hall–Kier alpha value is -2.13. The van der Waals surface area contributed by atoms with Crippen molar-refractivity contribution in [2.24, 2.45) is 23.3 Å². The van der Waals surface area contributed by atoms with Crippen LogP contribution < -0.4 is 11.5 Å². The van der Waals surface area contributed by atoms with Gasteiger partial charge in [-0.2, -0.15) is 13.2 Å². The zero-order valence-corrected chi connectivity index (χ0v) is 15.9. The molecule has 1 aliphatic heterocycles. The number of carbonyl (C=O) groups is 2. The minimum absolute atomic E-state index is 0.0656. The van der Waals surface area contributed by atoms with Crippen molar-refractivity contribution in [3.8, 4) is 0 Å². The Balaban J connectivity index is 0.000000480. The number of halogens is 3. The summed E-state index contributed by atoms with van der Waals surface area (Å²) in [6.07, 6.45) is -2.82. The standard InChI is InChI=1S/C17H27N3O.C2HF3O2/c1-13-9-10-20(12-15(13)11-18)17(21)8-7-16(19)14-5-3-2-4-6-14;3-2(4,5)1(6)7/h2-6,13,15-16H,7-12,18-19H2,1H3;(H,6,7). The van der Waals surface area contributed by atoms with Crippen molar-refractivity contribution in [3.63, 3.8) is 0 Å². The summed E-state index contributed by atoms with van der Waals surface area (Å²) in [6, 6.07) is 9.90. The fraction of sp³-hybridized carbons (Fsp3) is 0.579. The van der Waals surface area contributed by atoms with Crippen molar-refractivity contribution in [2.75, 3.05) is 19.6 Å². The molecule has 1 aliphatic rings. The number of aliphatic carboxylic acids is 1. The molecular weight excluding hydrogens is 375 g/mol. The van der Waals surface area contributed by atoms with Crippen LogP contribution in [-0.4, -0.2) is 47.7 Å². The fourth-order valence-corrected chi connectivity index (χ4v) is 2.99. The molecule has 9 heteroatoms. The molecule has 6 nitrogen and oxygen atoms in total. The van der Waals surface area contributed by atoms with E-state index < -0.39 is 12.1 Å². The summed E-state index contributed by atoms with van der Waals surface area (Å²) in [7, 11) is 0. The van der Waals surface area contributed by atoms with Gasteiger partial charge in [0.2, 0.25) is 5.91 Å². The smallest absolute Gasteiger partial charge is 0.475 e. The number of alkyl halides is 3. The first-order chi connectivity index (χ1) is 13.1. The molecule has 0 aliphatic carbocycles. The molecule has 2 rings (SSSR count). The van der Waals surface area contributed by atoms with Crippen LogP contribution in [0.15, 0.2) is 30.3 Å². The van der Waals surface area contributed by atoms with Gasteiger partial charge in [-0.25, -0.2) is 4.79 Å². The summed E-state index contributed by atoms with van der Waals surface area (Å²) in [5, 5.41) is 7.12. The van der Waals surface area contributed by atoms with Crippen LogP contribution in [-0.2, 0) is 9.59 Å². The Morgan fingerprint density at radius 2 is 1.86 bits per heavy atom. The Bertz CT molecular complexity index is 626. The maximum atomic E-state index is 12.3. The predicted molar refractivity (Wildman–Crippen MR) is 99.2 cm³/mol. The van der Waals surface area contributed by atoms with Crippen LogP contribution in [0.4, 0.5) is 13.2 Å². The number of hydrogen-bond donors (Lipinski definition) is 3. The van der Waals surface area contributed by atoms with E-state index in [1.165, 1.54) is 0 Å². The first-order valence-electron chi connectivity index (χ1n) is 9.14. The summed E-state index contributed by atoms with van der Waals surface area (Å²) in [6.45, 7) is 4.55. The summed E-state index contributed by atoms with van der Waals surface area (Å²) >= 11 is 0. The first kappa shape index (κ1) is 23.9. The highest BCUT2D eigenvalue weighted by atomic mass is 19.4. The lowest BCUT2D eigenvalue weighted by Crippen LogP contribution is -2.45. The number of nitrogens with zero attached hydrogens (tertiary/aromatic N) is 1. The van der Waals surface area contributed by atoms with Gasteiger partial charge in [0.1, 0.15) is 0 Å². The van der Waals surface area contributed by atoms with Crippen LogP contribution in [0.2, 0.25) is 0 Å². The normalized spacial score (nSPS) is 20.7. The second-order valence-electron chi connectivity index (χ2n) is 6.96. The molecule has 1 saturated heterocycles. The predicted octanol–water partition coefficient (Wildman–Crippen LogP) is 2.54. The van der Waals surface area contributed by atoms with Gasteiger partial charge in [-0.15, -0.1) is 0 Å². The molecule has 0 saturated carbocycles. The monoisotopic (exact) mass is 403 g/mol. The molecule has 5 N–H and O–H groups in total. The van der Waals surface area contributed by atoms with E-state index >= 15 is 0 Å². The number of carbonyl (C=O) groups excluding carboxylic acids is 1. The molecule has 3 atom stereocenters. The summed E-state index contributed by atoms with van der Waals surface area (Å²) < 4.78 is 31.7. The summed E-state index contributed by atoms with van der Waals surface area (Å²) in [5.41, 5.74) is 13.0. The number of hydrogen-bond acceptors (Lipinski definition) is 4. The average Bonchev–Trinajstić information content (AvgIpc) is 2.66. The van der Waals surface area contributed by atoms with Gasteiger partial charge in [0.25, 0.3) is 0 Å². The molecule has 0 spiro atoms. The minimum atomic E-state index is -5.08. The van der Waals surface area contributed by atoms with Crippen LogP contribution in [0.1, 0.15) is 37.8 Å². The van der Waals surface area contributed by atoms with Crippen LogP contribution in [0.25, 0.3) is 0 Å². The molecule has 1 heterocycles. The second kappa shape index (κ2) is 11.0. The van der Waals surface area contributed by atoms with Crippen molar-refractivity contribution >= 4 is 11.9 Å². The Morgan fingerprint density at radius 3 is 2.36 bits per heavy atom. The number of carboxylic acids is 1. The van der Waals surface area contributed by atoms with Crippen molar-refractivity contribution in [1.29, 1.82) is 0 Å². The highest BCUT2D eigenvalue weighted by Crippen LogP contribution is 2.23. The Morgan fingerprint density at radius 1 is 1.29 bits per heavy atom. The molecule has 3 unspecified atom stereocenters. The molecule has 1 aromatic rings.